The molecule has 2 atom stereocenters. The molecule has 10 nitrogen and oxygen atoms in total. The van der Waals surface area contributed by atoms with E-state index in [9.17, 15) is 24.8 Å². The Labute approximate surface area is 175 Å². The summed E-state index contributed by atoms with van der Waals surface area (Å²) in [4.78, 5) is 38.6. The first-order valence-corrected chi connectivity index (χ1v) is 9.78. The smallest absolute Gasteiger partial charge is 0.410 e. The molecular weight excluding hydrogens is 392 g/mol. The fourth-order valence-electron chi connectivity index (χ4n) is 3.26. The minimum absolute atomic E-state index is 0.0621. The molecule has 30 heavy (non-hydrogen) atoms. The maximum absolute atomic E-state index is 12.3. The summed E-state index contributed by atoms with van der Waals surface area (Å²) in [5.41, 5.74) is -0.500. The van der Waals surface area contributed by atoms with Gasteiger partial charge in [-0.25, -0.2) is 4.79 Å². The number of benzene rings is 1. The highest BCUT2D eigenvalue weighted by Crippen LogP contribution is 2.32. The Balaban J connectivity index is 2.25. The number of ether oxygens (including phenoxy) is 1. The normalized spacial score (nSPS) is 19.0. The Kier molecular flexibility index (Phi) is 6.91. The van der Waals surface area contributed by atoms with E-state index in [0.717, 1.165) is 0 Å². The van der Waals surface area contributed by atoms with E-state index < -0.39 is 34.7 Å². The summed E-state index contributed by atoms with van der Waals surface area (Å²) >= 11 is 0. The van der Waals surface area contributed by atoms with Crippen molar-refractivity contribution in [3.8, 4) is 0 Å². The molecule has 0 radical (unpaired) electrons. The quantitative estimate of drug-likeness (QED) is 0.550. The molecule has 2 amide bonds. The zero-order valence-electron chi connectivity index (χ0n) is 18.2. The number of aliphatic hydroxyl groups is 1. The number of β-amino-alcohol motifs (C(OH)–C–C–N with tert-alkyl or cyclic N) is 1. The Bertz CT molecular complexity index is 820. The second-order valence-corrected chi connectivity index (χ2v) is 8.72. The molecule has 0 aromatic heterocycles. The van der Waals surface area contributed by atoms with Crippen LogP contribution in [0.1, 0.15) is 45.0 Å². The maximum Gasteiger partial charge on any atom is 0.410 e. The maximum atomic E-state index is 12.3. The molecule has 1 fully saturated rings. The van der Waals surface area contributed by atoms with Crippen molar-refractivity contribution in [1.82, 2.24) is 10.2 Å². The van der Waals surface area contributed by atoms with Crippen LogP contribution in [-0.4, -0.2) is 70.9 Å². The molecule has 166 valence electrons. The van der Waals surface area contributed by atoms with Gasteiger partial charge in [0.2, 0.25) is 0 Å². The standard InChI is InChI=1S/C20H30N4O6/c1-12(2)21-18(26)13-7-8-14(15(9-13)24(28)29)22(6)16-10-23(11-17(16)25)19(27)30-20(3,4)5/h7-9,12,16-17,25H,10-11H2,1-6H3,(H,21,26)/t16-,17-/m0/s1. The third-order valence-electron chi connectivity index (χ3n) is 4.64. The summed E-state index contributed by atoms with van der Waals surface area (Å²) in [7, 11) is 1.61. The van der Waals surface area contributed by atoms with Gasteiger partial charge in [0.25, 0.3) is 11.6 Å². The minimum Gasteiger partial charge on any atom is -0.444 e. The number of nitro benzene ring substituents is 1. The topological polar surface area (TPSA) is 125 Å². The molecule has 1 aromatic rings. The summed E-state index contributed by atoms with van der Waals surface area (Å²) in [5, 5.41) is 24.8. The first kappa shape index (κ1) is 23.4. The van der Waals surface area contributed by atoms with E-state index in [1.165, 1.54) is 23.1 Å². The summed E-state index contributed by atoms with van der Waals surface area (Å²) < 4.78 is 5.34. The van der Waals surface area contributed by atoms with Gasteiger partial charge in [0.05, 0.1) is 23.6 Å². The molecule has 0 spiro atoms. The molecular formula is C20H30N4O6. The van der Waals surface area contributed by atoms with Gasteiger partial charge < -0.3 is 25.0 Å². The van der Waals surface area contributed by atoms with Crippen molar-refractivity contribution in [2.24, 2.45) is 0 Å². The summed E-state index contributed by atoms with van der Waals surface area (Å²) in [5.74, 6) is -0.403. The summed E-state index contributed by atoms with van der Waals surface area (Å²) in [6, 6.07) is 3.54. The van der Waals surface area contributed by atoms with Gasteiger partial charge in [-0.1, -0.05) is 0 Å². The molecule has 2 rings (SSSR count). The fraction of sp³-hybridized carbons (Fsp3) is 0.600. The average Bonchev–Trinajstić information content (AvgIpc) is 3.00. The van der Waals surface area contributed by atoms with Gasteiger partial charge in [-0.05, 0) is 46.8 Å². The molecule has 1 heterocycles. The van der Waals surface area contributed by atoms with Gasteiger partial charge in [0, 0.05) is 31.3 Å². The van der Waals surface area contributed by atoms with E-state index >= 15 is 0 Å². The molecule has 0 saturated carbocycles. The van der Waals surface area contributed by atoms with E-state index in [-0.39, 0.29) is 36.1 Å². The molecule has 1 saturated heterocycles. The number of hydrogen-bond acceptors (Lipinski definition) is 7. The third kappa shape index (κ3) is 5.59. The monoisotopic (exact) mass is 422 g/mol. The van der Waals surface area contributed by atoms with E-state index in [1.807, 2.05) is 0 Å². The number of nitro groups is 1. The van der Waals surface area contributed by atoms with Crippen molar-refractivity contribution in [2.75, 3.05) is 25.0 Å². The lowest BCUT2D eigenvalue weighted by molar-refractivity contribution is -0.384. The largest absolute Gasteiger partial charge is 0.444 e. The molecule has 1 aliphatic rings. The SMILES string of the molecule is CC(C)NC(=O)c1ccc(N(C)[C@H]2CN(C(=O)OC(C)(C)C)C[C@@H]2O)c([N+](=O)[O-])c1. The predicted octanol–water partition coefficient (Wildman–Crippen LogP) is 2.15. The number of aliphatic hydroxyl groups excluding tert-OH is 1. The number of nitrogens with zero attached hydrogens (tertiary/aromatic N) is 3. The number of hydrogen-bond donors (Lipinski definition) is 2. The Morgan fingerprint density at radius 3 is 2.50 bits per heavy atom. The number of likely N-dealkylation sites (N-methyl/N-ethyl adjacent to an activating group) is 1. The predicted molar refractivity (Wildman–Crippen MR) is 112 cm³/mol. The van der Waals surface area contributed by atoms with Crippen LogP contribution in [0.2, 0.25) is 0 Å². The van der Waals surface area contributed by atoms with E-state index in [4.69, 9.17) is 4.74 Å². The lowest BCUT2D eigenvalue weighted by Crippen LogP contribution is -2.42. The molecule has 0 aliphatic carbocycles. The first-order valence-electron chi connectivity index (χ1n) is 9.78. The molecule has 2 N–H and O–H groups in total. The Hall–Kier alpha value is -2.88. The van der Waals surface area contributed by atoms with Crippen LogP contribution in [0.15, 0.2) is 18.2 Å². The number of rotatable bonds is 5. The second-order valence-electron chi connectivity index (χ2n) is 8.72. The summed E-state index contributed by atoms with van der Waals surface area (Å²) in [6.07, 6.45) is -1.46. The van der Waals surface area contributed by atoms with Gasteiger partial charge in [-0.2, -0.15) is 0 Å². The van der Waals surface area contributed by atoms with Crippen molar-refractivity contribution in [3.63, 3.8) is 0 Å². The molecule has 1 aliphatic heterocycles. The highest BCUT2D eigenvalue weighted by molar-refractivity contribution is 5.96. The van der Waals surface area contributed by atoms with Crippen LogP contribution in [0.3, 0.4) is 0 Å². The lowest BCUT2D eigenvalue weighted by Gasteiger charge is -2.28. The van der Waals surface area contributed by atoms with Gasteiger partial charge in [0.1, 0.15) is 11.3 Å². The van der Waals surface area contributed by atoms with Gasteiger partial charge in [-0.15, -0.1) is 0 Å². The van der Waals surface area contributed by atoms with Gasteiger partial charge >= 0.3 is 6.09 Å². The van der Waals surface area contributed by atoms with Crippen LogP contribution in [-0.2, 0) is 4.74 Å². The average molecular weight is 422 g/mol. The number of carbonyl (C=O) groups excluding carboxylic acids is 2. The minimum atomic E-state index is -0.911. The summed E-state index contributed by atoms with van der Waals surface area (Å²) in [6.45, 7) is 9.06. The second kappa shape index (κ2) is 8.86. The first-order chi connectivity index (χ1) is 13.8. The van der Waals surface area contributed by atoms with Crippen LogP contribution in [0.5, 0.6) is 0 Å². The molecule has 0 bridgehead atoms. The van der Waals surface area contributed by atoms with Crippen LogP contribution in [0.25, 0.3) is 0 Å². The van der Waals surface area contributed by atoms with Gasteiger partial charge in [0.15, 0.2) is 0 Å². The van der Waals surface area contributed by atoms with Crippen molar-refractivity contribution < 1.29 is 24.4 Å². The third-order valence-corrected chi connectivity index (χ3v) is 4.64. The number of likely N-dealkylation sites (tertiary alicyclic amines) is 1. The van der Waals surface area contributed by atoms with E-state index in [0.29, 0.717) is 0 Å². The zero-order valence-corrected chi connectivity index (χ0v) is 18.2. The molecule has 0 unspecified atom stereocenters. The highest BCUT2D eigenvalue weighted by Gasteiger charge is 2.39. The Morgan fingerprint density at radius 1 is 1.33 bits per heavy atom. The van der Waals surface area contributed by atoms with Crippen molar-refractivity contribution >= 4 is 23.4 Å². The van der Waals surface area contributed by atoms with E-state index in [1.54, 1.807) is 46.6 Å². The highest BCUT2D eigenvalue weighted by atomic mass is 16.6. The van der Waals surface area contributed by atoms with Crippen molar-refractivity contribution in [3.05, 3.63) is 33.9 Å². The van der Waals surface area contributed by atoms with Crippen molar-refractivity contribution in [1.29, 1.82) is 0 Å². The van der Waals surface area contributed by atoms with Crippen molar-refractivity contribution in [2.45, 2.75) is 58.4 Å². The van der Waals surface area contributed by atoms with Crippen LogP contribution < -0.4 is 10.2 Å². The number of nitrogens with one attached hydrogen (secondary N) is 1. The zero-order chi connectivity index (χ0) is 22.8. The fourth-order valence-corrected chi connectivity index (χ4v) is 3.26. The van der Waals surface area contributed by atoms with E-state index in [2.05, 4.69) is 5.32 Å². The number of amides is 2. The van der Waals surface area contributed by atoms with Crippen LogP contribution in [0.4, 0.5) is 16.2 Å². The van der Waals surface area contributed by atoms with Crippen LogP contribution in [0, 0.1) is 10.1 Å². The lowest BCUT2D eigenvalue weighted by atomic mass is 10.1. The number of carbonyl (C=O) groups is 2. The van der Waals surface area contributed by atoms with Gasteiger partial charge in [-0.3, -0.25) is 14.9 Å². The number of anilines is 1. The van der Waals surface area contributed by atoms with Crippen LogP contribution >= 0.6 is 0 Å². The molecule has 10 heteroatoms. The Morgan fingerprint density at radius 2 is 1.97 bits per heavy atom. The molecule has 1 aromatic carbocycles.